The van der Waals surface area contributed by atoms with Crippen LogP contribution in [0.4, 0.5) is 0 Å². The van der Waals surface area contributed by atoms with E-state index in [0.717, 1.165) is 0 Å². The zero-order valence-corrected chi connectivity index (χ0v) is 12.0. The van der Waals surface area contributed by atoms with E-state index in [1.54, 1.807) is 0 Å². The van der Waals surface area contributed by atoms with Gasteiger partial charge in [0.1, 0.15) is 6.07 Å². The molecule has 0 bridgehead atoms. The molecule has 0 amide bonds. The average Bonchev–Trinajstić information content (AvgIpc) is 2.14. The summed E-state index contributed by atoms with van der Waals surface area (Å²) >= 11 is 24.2. The Morgan fingerprint density at radius 3 is 1.50 bits per heavy atom. The third kappa shape index (κ3) is 2.26. The second-order valence-electron chi connectivity index (χ2n) is 4.37. The Morgan fingerprint density at radius 2 is 1.25 bits per heavy atom. The molecule has 5 heteroatoms. The fourth-order valence-electron chi connectivity index (χ4n) is 1.39. The van der Waals surface area contributed by atoms with Crippen LogP contribution in [-0.4, -0.2) is 0 Å². The summed E-state index contributed by atoms with van der Waals surface area (Å²) in [6, 6.07) is 1.89. The van der Waals surface area contributed by atoms with Crippen LogP contribution < -0.4 is 0 Å². The van der Waals surface area contributed by atoms with Crippen molar-refractivity contribution >= 4 is 46.4 Å². The largest absolute Gasteiger partial charge is 0.192 e. The molecule has 0 aliphatic carbocycles. The van der Waals surface area contributed by atoms with Crippen LogP contribution in [0.25, 0.3) is 0 Å². The molecule has 0 radical (unpaired) electrons. The van der Waals surface area contributed by atoms with Crippen molar-refractivity contribution in [3.63, 3.8) is 0 Å². The second-order valence-corrected chi connectivity index (χ2v) is 5.88. The van der Waals surface area contributed by atoms with Crippen molar-refractivity contribution in [3.8, 4) is 6.07 Å². The van der Waals surface area contributed by atoms with Crippen LogP contribution in [0.15, 0.2) is 0 Å². The molecule has 1 aromatic carbocycles. The van der Waals surface area contributed by atoms with Gasteiger partial charge in [-0.25, -0.2) is 0 Å². The summed E-state index contributed by atoms with van der Waals surface area (Å²) < 4.78 is 0. The lowest BCUT2D eigenvalue weighted by Gasteiger charge is -2.24. The van der Waals surface area contributed by atoms with E-state index in [1.807, 2.05) is 26.8 Å². The molecule has 86 valence electrons. The molecule has 0 aliphatic rings. The Bertz CT molecular complexity index is 451. The van der Waals surface area contributed by atoms with E-state index in [0.29, 0.717) is 15.6 Å². The fourth-order valence-corrected chi connectivity index (χ4v) is 2.89. The van der Waals surface area contributed by atoms with Crippen molar-refractivity contribution in [2.24, 2.45) is 0 Å². The molecule has 1 aromatic rings. The Labute approximate surface area is 115 Å². The number of hydrogen-bond acceptors (Lipinski definition) is 1. The predicted molar refractivity (Wildman–Crippen MR) is 69.9 cm³/mol. The van der Waals surface area contributed by atoms with Gasteiger partial charge in [-0.1, -0.05) is 67.2 Å². The highest BCUT2D eigenvalue weighted by atomic mass is 35.5. The van der Waals surface area contributed by atoms with Crippen molar-refractivity contribution in [1.29, 1.82) is 5.26 Å². The summed E-state index contributed by atoms with van der Waals surface area (Å²) in [5, 5.41) is 9.80. The summed E-state index contributed by atoms with van der Waals surface area (Å²) in [5.41, 5.74) is 0.478. The molecule has 0 spiro atoms. The smallest absolute Gasteiger partial charge is 0.102 e. The minimum Gasteiger partial charge on any atom is -0.192 e. The van der Waals surface area contributed by atoms with Gasteiger partial charge in [-0.3, -0.25) is 0 Å². The van der Waals surface area contributed by atoms with Crippen molar-refractivity contribution in [2.75, 3.05) is 0 Å². The SMILES string of the molecule is CC(C)(C)c1c(Cl)c(Cl)c(C#N)c(Cl)c1Cl. The Balaban J connectivity index is 3.76. The number of nitriles is 1. The summed E-state index contributed by atoms with van der Waals surface area (Å²) in [6.07, 6.45) is 0. The molecular formula is C11H9Cl4N. The molecule has 16 heavy (non-hydrogen) atoms. The molecule has 0 unspecified atom stereocenters. The van der Waals surface area contributed by atoms with E-state index in [-0.39, 0.29) is 21.0 Å². The van der Waals surface area contributed by atoms with Gasteiger partial charge in [-0.2, -0.15) is 5.26 Å². The summed E-state index contributed by atoms with van der Waals surface area (Å²) in [7, 11) is 0. The van der Waals surface area contributed by atoms with E-state index in [4.69, 9.17) is 51.7 Å². The fraction of sp³-hybridized carbons (Fsp3) is 0.364. The average molecular weight is 297 g/mol. The van der Waals surface area contributed by atoms with Crippen LogP contribution in [0.3, 0.4) is 0 Å². The van der Waals surface area contributed by atoms with Gasteiger partial charge >= 0.3 is 0 Å². The van der Waals surface area contributed by atoms with Gasteiger partial charge in [0, 0.05) is 0 Å². The second kappa shape index (κ2) is 4.63. The minimum atomic E-state index is -0.296. The predicted octanol–water partition coefficient (Wildman–Crippen LogP) is 5.47. The first-order valence-corrected chi connectivity index (χ1v) is 5.99. The normalized spacial score (nSPS) is 11.4. The molecule has 0 saturated carbocycles. The zero-order chi connectivity index (χ0) is 12.7. The topological polar surface area (TPSA) is 23.8 Å². The Hall–Kier alpha value is -0.130. The van der Waals surface area contributed by atoms with Crippen LogP contribution in [0.2, 0.25) is 20.1 Å². The maximum absolute atomic E-state index is 8.91. The molecule has 0 saturated heterocycles. The third-order valence-electron chi connectivity index (χ3n) is 2.13. The van der Waals surface area contributed by atoms with E-state index < -0.39 is 0 Å². The molecule has 0 aromatic heterocycles. The van der Waals surface area contributed by atoms with Crippen LogP contribution in [0.5, 0.6) is 0 Å². The van der Waals surface area contributed by atoms with Crippen molar-refractivity contribution in [1.82, 2.24) is 0 Å². The van der Waals surface area contributed by atoms with Crippen molar-refractivity contribution < 1.29 is 0 Å². The standard InChI is InChI=1S/C11H9Cl4N/c1-11(2,3)6-9(14)7(12)5(4-16)8(13)10(6)15/h1-3H3. The van der Waals surface area contributed by atoms with E-state index >= 15 is 0 Å². The summed E-state index contributed by atoms with van der Waals surface area (Å²) in [4.78, 5) is 0. The molecule has 0 N–H and O–H groups in total. The van der Waals surface area contributed by atoms with Gasteiger partial charge in [0.25, 0.3) is 0 Å². The lowest BCUT2D eigenvalue weighted by Crippen LogP contribution is -2.13. The number of hydrogen-bond donors (Lipinski definition) is 0. The summed E-state index contributed by atoms with van der Waals surface area (Å²) in [5.74, 6) is 0. The number of benzene rings is 1. The summed E-state index contributed by atoms with van der Waals surface area (Å²) in [6.45, 7) is 5.83. The van der Waals surface area contributed by atoms with E-state index in [9.17, 15) is 0 Å². The Morgan fingerprint density at radius 1 is 0.875 bits per heavy atom. The third-order valence-corrected chi connectivity index (χ3v) is 3.83. The number of rotatable bonds is 0. The first-order valence-electron chi connectivity index (χ1n) is 4.48. The van der Waals surface area contributed by atoms with Crippen LogP contribution in [0.1, 0.15) is 31.9 Å². The lowest BCUT2D eigenvalue weighted by atomic mass is 9.86. The molecule has 0 atom stereocenters. The molecule has 0 heterocycles. The van der Waals surface area contributed by atoms with Gasteiger partial charge in [0.15, 0.2) is 0 Å². The number of halogens is 4. The van der Waals surface area contributed by atoms with Gasteiger partial charge in [0.05, 0.1) is 25.7 Å². The van der Waals surface area contributed by atoms with Gasteiger partial charge in [-0.15, -0.1) is 0 Å². The maximum atomic E-state index is 8.91. The Kier molecular flexibility index (Phi) is 4.03. The lowest BCUT2D eigenvalue weighted by molar-refractivity contribution is 0.591. The molecule has 1 nitrogen and oxygen atoms in total. The van der Waals surface area contributed by atoms with Crippen LogP contribution in [0, 0.1) is 11.3 Å². The highest BCUT2D eigenvalue weighted by molar-refractivity contribution is 6.49. The van der Waals surface area contributed by atoms with Crippen LogP contribution in [-0.2, 0) is 5.41 Å². The quantitative estimate of drug-likeness (QED) is 0.582. The molecule has 1 rings (SSSR count). The first kappa shape index (κ1) is 13.9. The zero-order valence-electron chi connectivity index (χ0n) is 8.96. The minimum absolute atomic E-state index is 0.117. The highest BCUT2D eigenvalue weighted by Crippen LogP contribution is 2.45. The number of nitrogens with zero attached hydrogens (tertiary/aromatic N) is 1. The highest BCUT2D eigenvalue weighted by Gasteiger charge is 2.27. The first-order chi connectivity index (χ1) is 7.21. The van der Waals surface area contributed by atoms with Gasteiger partial charge in [0.2, 0.25) is 0 Å². The van der Waals surface area contributed by atoms with Gasteiger partial charge in [-0.05, 0) is 11.0 Å². The van der Waals surface area contributed by atoms with E-state index in [2.05, 4.69) is 0 Å². The van der Waals surface area contributed by atoms with Crippen molar-refractivity contribution in [3.05, 3.63) is 31.2 Å². The molecule has 0 fully saturated rings. The van der Waals surface area contributed by atoms with Gasteiger partial charge < -0.3 is 0 Å². The monoisotopic (exact) mass is 295 g/mol. The van der Waals surface area contributed by atoms with Crippen LogP contribution >= 0.6 is 46.4 Å². The van der Waals surface area contributed by atoms with E-state index in [1.165, 1.54) is 0 Å². The maximum Gasteiger partial charge on any atom is 0.102 e. The molecule has 0 aliphatic heterocycles. The van der Waals surface area contributed by atoms with Crippen molar-refractivity contribution in [2.45, 2.75) is 26.2 Å². The molecular weight excluding hydrogens is 288 g/mol.